The molecule has 1 unspecified atom stereocenters. The van der Waals surface area contributed by atoms with E-state index in [-0.39, 0.29) is 30.4 Å². The maximum absolute atomic E-state index is 13.7. The molecular formula is C19H23F2N5O. The second-order valence-corrected chi connectivity index (χ2v) is 6.83. The molecular weight excluding hydrogens is 352 g/mol. The number of carbonyl (C=O) groups excluding carboxylic acids is 1. The van der Waals surface area contributed by atoms with Gasteiger partial charge in [-0.1, -0.05) is 0 Å². The summed E-state index contributed by atoms with van der Waals surface area (Å²) in [6, 6.07) is 5.15. The van der Waals surface area contributed by atoms with E-state index >= 15 is 0 Å². The second-order valence-electron chi connectivity index (χ2n) is 6.83. The van der Waals surface area contributed by atoms with E-state index < -0.39 is 11.6 Å². The van der Waals surface area contributed by atoms with Crippen molar-refractivity contribution in [2.24, 2.45) is 0 Å². The van der Waals surface area contributed by atoms with Crippen LogP contribution in [0.25, 0.3) is 0 Å². The molecule has 0 aliphatic carbocycles. The number of nitrogens with two attached hydrogens (primary N) is 1. The molecule has 1 aliphatic heterocycles. The summed E-state index contributed by atoms with van der Waals surface area (Å²) in [6.07, 6.45) is 2.83. The van der Waals surface area contributed by atoms with Crippen molar-refractivity contribution in [3.8, 4) is 0 Å². The molecule has 1 aromatic carbocycles. The van der Waals surface area contributed by atoms with Crippen LogP contribution in [0.2, 0.25) is 0 Å². The van der Waals surface area contributed by atoms with Crippen molar-refractivity contribution in [1.29, 1.82) is 0 Å². The summed E-state index contributed by atoms with van der Waals surface area (Å²) in [5.41, 5.74) is 5.91. The maximum atomic E-state index is 13.7. The Labute approximate surface area is 157 Å². The fourth-order valence-electron chi connectivity index (χ4n) is 3.31. The number of halogens is 2. The minimum Gasteiger partial charge on any atom is -0.384 e. The van der Waals surface area contributed by atoms with Crippen molar-refractivity contribution in [3.05, 3.63) is 53.5 Å². The minimum atomic E-state index is -0.495. The fourth-order valence-corrected chi connectivity index (χ4v) is 3.31. The van der Waals surface area contributed by atoms with Crippen molar-refractivity contribution in [2.45, 2.75) is 31.8 Å². The summed E-state index contributed by atoms with van der Waals surface area (Å²) in [7, 11) is 1.97. The van der Waals surface area contributed by atoms with Crippen LogP contribution in [-0.4, -0.2) is 51.9 Å². The number of aryl methyl sites for hydroxylation is 1. The van der Waals surface area contributed by atoms with E-state index in [1.54, 1.807) is 17.2 Å². The van der Waals surface area contributed by atoms with Gasteiger partial charge in [0.1, 0.15) is 23.3 Å². The van der Waals surface area contributed by atoms with Crippen molar-refractivity contribution < 1.29 is 13.6 Å². The molecule has 0 bridgehead atoms. The fraction of sp³-hybridized carbons (Fsp3) is 0.421. The molecule has 0 spiro atoms. The van der Waals surface area contributed by atoms with Crippen LogP contribution in [0, 0.1) is 11.6 Å². The molecule has 2 heterocycles. The number of carbonyl (C=O) groups is 1. The molecule has 27 heavy (non-hydrogen) atoms. The molecule has 6 nitrogen and oxygen atoms in total. The Morgan fingerprint density at radius 3 is 2.96 bits per heavy atom. The van der Waals surface area contributed by atoms with Gasteiger partial charge in [-0.25, -0.2) is 18.7 Å². The summed E-state index contributed by atoms with van der Waals surface area (Å²) in [5.74, 6) is 0.0515. The molecule has 1 aliphatic rings. The molecule has 0 radical (unpaired) electrons. The van der Waals surface area contributed by atoms with Crippen LogP contribution in [0.15, 0.2) is 30.5 Å². The highest BCUT2D eigenvalue weighted by Crippen LogP contribution is 2.18. The van der Waals surface area contributed by atoms with Crippen LogP contribution in [0.5, 0.6) is 0 Å². The number of likely N-dealkylation sites (N-methyl/N-ethyl adjacent to an activating group) is 1. The maximum Gasteiger partial charge on any atom is 0.222 e. The van der Waals surface area contributed by atoms with Crippen LogP contribution < -0.4 is 5.73 Å². The van der Waals surface area contributed by atoms with E-state index in [4.69, 9.17) is 5.73 Å². The normalized spacial score (nSPS) is 16.9. The van der Waals surface area contributed by atoms with Gasteiger partial charge >= 0.3 is 0 Å². The Kier molecular flexibility index (Phi) is 5.95. The SMILES string of the molecule is CN(Cc1nccc(N)n1)C1CCN(C(=O)CCc2cc(F)ccc2F)C1. The van der Waals surface area contributed by atoms with E-state index in [1.807, 2.05) is 7.05 Å². The monoisotopic (exact) mass is 375 g/mol. The summed E-state index contributed by atoms with van der Waals surface area (Å²) in [5, 5.41) is 0. The Bertz CT molecular complexity index is 816. The highest BCUT2D eigenvalue weighted by Gasteiger charge is 2.29. The lowest BCUT2D eigenvalue weighted by Gasteiger charge is -2.24. The van der Waals surface area contributed by atoms with Crippen molar-refractivity contribution in [2.75, 3.05) is 25.9 Å². The lowest BCUT2D eigenvalue weighted by atomic mass is 10.1. The average molecular weight is 375 g/mol. The molecule has 1 saturated heterocycles. The third-order valence-corrected chi connectivity index (χ3v) is 4.87. The lowest BCUT2D eigenvalue weighted by Crippen LogP contribution is -2.36. The zero-order chi connectivity index (χ0) is 19.4. The first-order chi connectivity index (χ1) is 12.9. The quantitative estimate of drug-likeness (QED) is 0.836. The summed E-state index contributed by atoms with van der Waals surface area (Å²) >= 11 is 0. The van der Waals surface area contributed by atoms with Crippen LogP contribution in [0.3, 0.4) is 0 Å². The topological polar surface area (TPSA) is 75.4 Å². The lowest BCUT2D eigenvalue weighted by molar-refractivity contribution is -0.130. The van der Waals surface area contributed by atoms with Crippen LogP contribution in [0.1, 0.15) is 24.2 Å². The summed E-state index contributed by atoms with van der Waals surface area (Å²) < 4.78 is 26.9. The van der Waals surface area contributed by atoms with Gasteiger partial charge in [-0.15, -0.1) is 0 Å². The van der Waals surface area contributed by atoms with Gasteiger partial charge in [0.05, 0.1) is 6.54 Å². The molecule has 1 amide bonds. The molecule has 0 saturated carbocycles. The van der Waals surface area contributed by atoms with Gasteiger partial charge < -0.3 is 10.6 Å². The first-order valence-corrected chi connectivity index (χ1v) is 8.91. The van der Waals surface area contributed by atoms with Gasteiger partial charge in [0.2, 0.25) is 5.91 Å². The first kappa shape index (κ1) is 19.2. The van der Waals surface area contributed by atoms with Gasteiger partial charge in [0.25, 0.3) is 0 Å². The Hall–Kier alpha value is -2.61. The molecule has 2 aromatic rings. The van der Waals surface area contributed by atoms with E-state index in [0.717, 1.165) is 24.6 Å². The van der Waals surface area contributed by atoms with Gasteiger partial charge in [-0.3, -0.25) is 9.69 Å². The summed E-state index contributed by atoms with van der Waals surface area (Å²) in [6.45, 7) is 1.80. The van der Waals surface area contributed by atoms with Gasteiger partial charge in [0.15, 0.2) is 0 Å². The van der Waals surface area contributed by atoms with E-state index in [1.165, 1.54) is 0 Å². The third kappa shape index (κ3) is 4.97. The smallest absolute Gasteiger partial charge is 0.222 e. The Morgan fingerprint density at radius 2 is 2.19 bits per heavy atom. The van der Waals surface area contributed by atoms with Gasteiger partial charge in [0, 0.05) is 31.7 Å². The molecule has 2 N–H and O–H groups in total. The largest absolute Gasteiger partial charge is 0.384 e. The molecule has 1 aromatic heterocycles. The van der Waals surface area contributed by atoms with E-state index in [9.17, 15) is 13.6 Å². The number of rotatable bonds is 6. The average Bonchev–Trinajstić information content (AvgIpc) is 3.12. The zero-order valence-electron chi connectivity index (χ0n) is 15.2. The van der Waals surface area contributed by atoms with Crippen molar-refractivity contribution >= 4 is 11.7 Å². The molecule has 8 heteroatoms. The van der Waals surface area contributed by atoms with Crippen molar-refractivity contribution in [1.82, 2.24) is 19.8 Å². The molecule has 1 atom stereocenters. The second kappa shape index (κ2) is 8.39. The molecule has 1 fully saturated rings. The Morgan fingerprint density at radius 1 is 1.37 bits per heavy atom. The first-order valence-electron chi connectivity index (χ1n) is 8.91. The number of amides is 1. The number of hydrogen-bond acceptors (Lipinski definition) is 5. The van der Waals surface area contributed by atoms with Gasteiger partial charge in [-0.2, -0.15) is 0 Å². The van der Waals surface area contributed by atoms with Crippen LogP contribution >= 0.6 is 0 Å². The number of nitrogen functional groups attached to an aromatic ring is 1. The van der Waals surface area contributed by atoms with Gasteiger partial charge in [-0.05, 0) is 49.7 Å². The van der Waals surface area contributed by atoms with Crippen molar-refractivity contribution in [3.63, 3.8) is 0 Å². The van der Waals surface area contributed by atoms with E-state index in [2.05, 4.69) is 14.9 Å². The summed E-state index contributed by atoms with van der Waals surface area (Å²) in [4.78, 5) is 24.7. The van der Waals surface area contributed by atoms with Crippen LogP contribution in [0.4, 0.5) is 14.6 Å². The zero-order valence-corrected chi connectivity index (χ0v) is 15.2. The molecule has 144 valence electrons. The highest BCUT2D eigenvalue weighted by molar-refractivity contribution is 5.76. The standard InChI is InChI=1S/C19H23F2N5O/c1-25(12-18-23-8-6-17(22)24-18)15-7-9-26(11-15)19(27)5-2-13-10-14(20)3-4-16(13)21/h3-4,6,8,10,15H,2,5,7,9,11-12H2,1H3,(H2,22,23,24). The number of anilines is 1. The predicted octanol–water partition coefficient (Wildman–Crippen LogP) is 2.00. The Balaban J connectivity index is 1.51. The highest BCUT2D eigenvalue weighted by atomic mass is 19.1. The van der Waals surface area contributed by atoms with E-state index in [0.29, 0.717) is 31.3 Å². The molecule has 3 rings (SSSR count). The number of benzene rings is 1. The number of aromatic nitrogens is 2. The number of likely N-dealkylation sites (tertiary alicyclic amines) is 1. The number of nitrogens with zero attached hydrogens (tertiary/aromatic N) is 4. The predicted molar refractivity (Wildman–Crippen MR) is 97.6 cm³/mol. The third-order valence-electron chi connectivity index (χ3n) is 4.87. The van der Waals surface area contributed by atoms with Crippen LogP contribution in [-0.2, 0) is 17.8 Å². The number of hydrogen-bond donors (Lipinski definition) is 1. The minimum absolute atomic E-state index is 0.0465.